The zero-order chi connectivity index (χ0) is 23.1. The van der Waals surface area contributed by atoms with Crippen LogP contribution in [0.25, 0.3) is 22.3 Å². The minimum Gasteiger partial charge on any atom is -0.342 e. The Morgan fingerprint density at radius 2 is 1.68 bits per heavy atom. The average molecular weight is 450 g/mol. The predicted molar refractivity (Wildman–Crippen MR) is 136 cm³/mol. The maximum absolute atomic E-state index is 4.84. The highest BCUT2D eigenvalue weighted by atomic mass is 15.0. The highest BCUT2D eigenvalue weighted by molar-refractivity contribution is 5.77. The molecule has 1 aliphatic carbocycles. The molecule has 2 fully saturated rings. The Morgan fingerprint density at radius 3 is 2.44 bits per heavy atom. The van der Waals surface area contributed by atoms with Gasteiger partial charge < -0.3 is 15.3 Å². The molecule has 4 atom stereocenters. The van der Waals surface area contributed by atoms with E-state index in [9.17, 15) is 0 Å². The second-order valence-corrected chi connectivity index (χ2v) is 10.3. The van der Waals surface area contributed by atoms with Crippen LogP contribution in [0.3, 0.4) is 0 Å². The van der Waals surface area contributed by atoms with Gasteiger partial charge in [-0.25, -0.2) is 9.97 Å². The van der Waals surface area contributed by atoms with Gasteiger partial charge in [0.25, 0.3) is 0 Å². The van der Waals surface area contributed by atoms with Crippen molar-refractivity contribution in [3.8, 4) is 23.1 Å². The summed E-state index contributed by atoms with van der Waals surface area (Å²) >= 11 is 0. The Hall–Kier alpha value is -3.36. The Morgan fingerprint density at radius 1 is 0.853 bits per heavy atom. The van der Waals surface area contributed by atoms with Crippen molar-refractivity contribution in [2.45, 2.75) is 51.5 Å². The monoisotopic (exact) mass is 449 g/mol. The molecule has 4 aromatic rings. The first kappa shape index (κ1) is 21.2. The van der Waals surface area contributed by atoms with E-state index in [1.165, 1.54) is 19.3 Å². The number of fused-ring (bicyclic) bond motifs is 1. The molecule has 0 radical (unpaired) electrons. The average Bonchev–Trinajstić information content (AvgIpc) is 3.64. The molecule has 5 heteroatoms. The molecule has 2 aromatic heterocycles. The van der Waals surface area contributed by atoms with Gasteiger partial charge in [-0.1, -0.05) is 37.8 Å². The molecule has 1 saturated carbocycles. The molecule has 2 aliphatic rings. The van der Waals surface area contributed by atoms with E-state index in [1.54, 1.807) is 0 Å². The van der Waals surface area contributed by atoms with Gasteiger partial charge in [-0.15, -0.1) is 0 Å². The van der Waals surface area contributed by atoms with E-state index in [0.717, 1.165) is 63.9 Å². The van der Waals surface area contributed by atoms with Crippen LogP contribution in [-0.2, 0) is 0 Å². The standard InChI is InChI=1S/C29H31N5/c1-18-3-9-23(13-18)28-32-24-12-8-21(15-25(24)33-28)5-4-20-6-10-22(11-7-20)27-17-31-29(34-27)26-14-19(2)16-30-26/h6-8,10-12,15,17-19,23,26,30H,3,9,13-14,16H2,1-2H3,(H,31,34)(H,32,33)/t18-,19+,23+,26+/m1/s1. The fourth-order valence-electron chi connectivity index (χ4n) is 5.41. The predicted octanol–water partition coefficient (Wildman–Crippen LogP) is 5.93. The molecule has 34 heavy (non-hydrogen) atoms. The number of aromatic amines is 2. The Labute approximate surface area is 200 Å². The van der Waals surface area contributed by atoms with Gasteiger partial charge in [-0.05, 0) is 80.0 Å². The SMILES string of the molecule is C[C@@H]1CC[C@H](c2nc3ccc(C#Cc4ccc(-c5cnc([C@@H]6C[C@H](C)CN6)[nH]5)cc4)cc3[nH]2)C1. The van der Waals surface area contributed by atoms with Crippen molar-refractivity contribution in [1.29, 1.82) is 0 Å². The van der Waals surface area contributed by atoms with E-state index in [1.807, 2.05) is 6.20 Å². The lowest BCUT2D eigenvalue weighted by Gasteiger charge is -2.06. The van der Waals surface area contributed by atoms with Crippen LogP contribution in [0.1, 0.15) is 74.3 Å². The van der Waals surface area contributed by atoms with Crippen molar-refractivity contribution >= 4 is 11.0 Å². The lowest BCUT2D eigenvalue weighted by Crippen LogP contribution is -2.14. The summed E-state index contributed by atoms with van der Waals surface area (Å²) in [5.74, 6) is 10.9. The lowest BCUT2D eigenvalue weighted by atomic mass is 10.1. The van der Waals surface area contributed by atoms with Crippen LogP contribution < -0.4 is 5.32 Å². The van der Waals surface area contributed by atoms with Crippen LogP contribution in [0.15, 0.2) is 48.7 Å². The van der Waals surface area contributed by atoms with Crippen molar-refractivity contribution < 1.29 is 0 Å². The van der Waals surface area contributed by atoms with Crippen molar-refractivity contribution in [1.82, 2.24) is 25.3 Å². The van der Waals surface area contributed by atoms with Crippen LogP contribution in [0, 0.1) is 23.7 Å². The van der Waals surface area contributed by atoms with Crippen LogP contribution in [0.5, 0.6) is 0 Å². The number of rotatable bonds is 3. The summed E-state index contributed by atoms with van der Waals surface area (Å²) < 4.78 is 0. The first-order chi connectivity index (χ1) is 16.6. The molecule has 0 spiro atoms. The molecule has 2 aromatic carbocycles. The number of aromatic nitrogens is 4. The summed E-state index contributed by atoms with van der Waals surface area (Å²) in [6.07, 6.45) is 6.84. The van der Waals surface area contributed by atoms with E-state index in [-0.39, 0.29) is 0 Å². The molecular formula is C29H31N5. The fourth-order valence-corrected chi connectivity index (χ4v) is 5.41. The van der Waals surface area contributed by atoms with Crippen molar-refractivity contribution in [2.75, 3.05) is 6.54 Å². The highest BCUT2D eigenvalue weighted by Crippen LogP contribution is 2.37. The molecule has 0 unspecified atom stereocenters. The number of imidazole rings is 2. The summed E-state index contributed by atoms with van der Waals surface area (Å²) in [4.78, 5) is 16.5. The van der Waals surface area contributed by atoms with Crippen molar-refractivity contribution in [3.05, 3.63) is 71.4 Å². The first-order valence-electron chi connectivity index (χ1n) is 12.5. The largest absolute Gasteiger partial charge is 0.342 e. The maximum atomic E-state index is 4.84. The van der Waals surface area contributed by atoms with Crippen LogP contribution in [0.2, 0.25) is 0 Å². The molecule has 3 N–H and O–H groups in total. The lowest BCUT2D eigenvalue weighted by molar-refractivity contribution is 0.588. The van der Waals surface area contributed by atoms with E-state index >= 15 is 0 Å². The van der Waals surface area contributed by atoms with E-state index < -0.39 is 0 Å². The molecule has 5 nitrogen and oxygen atoms in total. The fraction of sp³-hybridized carbons (Fsp3) is 0.379. The third kappa shape index (κ3) is 4.26. The Kier molecular flexibility index (Phi) is 5.47. The van der Waals surface area contributed by atoms with E-state index in [4.69, 9.17) is 4.98 Å². The van der Waals surface area contributed by atoms with Gasteiger partial charge in [-0.2, -0.15) is 0 Å². The molecule has 1 saturated heterocycles. The van der Waals surface area contributed by atoms with Gasteiger partial charge in [0.05, 0.1) is 29.0 Å². The van der Waals surface area contributed by atoms with Crippen LogP contribution in [-0.4, -0.2) is 26.5 Å². The zero-order valence-corrected chi connectivity index (χ0v) is 19.9. The van der Waals surface area contributed by atoms with Crippen molar-refractivity contribution in [2.24, 2.45) is 11.8 Å². The number of hydrogen-bond donors (Lipinski definition) is 3. The molecule has 3 heterocycles. The number of nitrogens with zero attached hydrogens (tertiary/aromatic N) is 2. The summed E-state index contributed by atoms with van der Waals surface area (Å²) in [5.41, 5.74) is 6.29. The number of benzene rings is 2. The number of hydrogen-bond acceptors (Lipinski definition) is 3. The Bertz CT molecular complexity index is 1370. The summed E-state index contributed by atoms with van der Waals surface area (Å²) in [6, 6.07) is 15.0. The van der Waals surface area contributed by atoms with Gasteiger partial charge in [0.15, 0.2) is 0 Å². The minimum absolute atomic E-state index is 0.332. The van der Waals surface area contributed by atoms with Crippen molar-refractivity contribution in [3.63, 3.8) is 0 Å². The smallest absolute Gasteiger partial charge is 0.123 e. The second kappa shape index (κ2) is 8.77. The third-order valence-corrected chi connectivity index (χ3v) is 7.41. The van der Waals surface area contributed by atoms with Crippen LogP contribution in [0.4, 0.5) is 0 Å². The minimum atomic E-state index is 0.332. The van der Waals surface area contributed by atoms with Gasteiger partial charge >= 0.3 is 0 Å². The maximum Gasteiger partial charge on any atom is 0.123 e. The summed E-state index contributed by atoms with van der Waals surface area (Å²) in [6.45, 7) is 5.67. The zero-order valence-electron chi connectivity index (χ0n) is 19.9. The third-order valence-electron chi connectivity index (χ3n) is 7.41. The van der Waals surface area contributed by atoms with Gasteiger partial charge in [0.1, 0.15) is 11.6 Å². The summed E-state index contributed by atoms with van der Waals surface area (Å²) in [7, 11) is 0. The second-order valence-electron chi connectivity index (χ2n) is 10.3. The van der Waals surface area contributed by atoms with Gasteiger partial charge in [0, 0.05) is 17.0 Å². The van der Waals surface area contributed by atoms with Gasteiger partial charge in [-0.3, -0.25) is 0 Å². The van der Waals surface area contributed by atoms with E-state index in [2.05, 4.69) is 88.4 Å². The quantitative estimate of drug-likeness (QED) is 0.340. The van der Waals surface area contributed by atoms with Gasteiger partial charge in [0.2, 0.25) is 0 Å². The number of H-pyrrole nitrogens is 2. The summed E-state index contributed by atoms with van der Waals surface area (Å²) in [5, 5.41) is 3.54. The molecule has 6 rings (SSSR count). The van der Waals surface area contributed by atoms with E-state index in [0.29, 0.717) is 17.9 Å². The molecule has 0 bridgehead atoms. The Balaban J connectivity index is 1.16. The molecule has 1 aliphatic heterocycles. The molecule has 0 amide bonds. The highest BCUT2D eigenvalue weighted by Gasteiger charge is 2.25. The molecular weight excluding hydrogens is 418 g/mol. The molecule has 172 valence electrons. The first-order valence-corrected chi connectivity index (χ1v) is 12.5. The van der Waals surface area contributed by atoms with Crippen LogP contribution >= 0.6 is 0 Å². The normalized spacial score (nSPS) is 24.4. The topological polar surface area (TPSA) is 69.4 Å². The number of nitrogens with one attached hydrogen (secondary N) is 3.